The summed E-state index contributed by atoms with van der Waals surface area (Å²) >= 11 is 0. The molecule has 0 atom stereocenters. The number of esters is 1. The summed E-state index contributed by atoms with van der Waals surface area (Å²) in [4.78, 5) is 24.5. The lowest BCUT2D eigenvalue weighted by Crippen LogP contribution is -2.43. The zero-order chi connectivity index (χ0) is 14.4. The Balaban J connectivity index is 2.78. The molecule has 0 bridgehead atoms. The van der Waals surface area contributed by atoms with Gasteiger partial charge in [-0.3, -0.25) is 4.79 Å². The minimum absolute atomic E-state index is 0.0722. The van der Waals surface area contributed by atoms with Crippen molar-refractivity contribution in [2.45, 2.75) is 19.9 Å². The molecule has 1 N–H and O–H groups in total. The number of hydrogen-bond donors (Lipinski definition) is 1. The topological polar surface area (TPSA) is 58.6 Å². The first-order valence-electron chi connectivity index (χ1n) is 5.84. The number of anilines is 1. The molecule has 1 rings (SSSR count). The van der Waals surface area contributed by atoms with Gasteiger partial charge in [0.05, 0.1) is 12.8 Å². The van der Waals surface area contributed by atoms with Crippen LogP contribution in [0.15, 0.2) is 24.3 Å². The number of urea groups is 1. The molecule has 0 heterocycles. The van der Waals surface area contributed by atoms with Crippen molar-refractivity contribution in [3.8, 4) is 0 Å². The van der Waals surface area contributed by atoms with Crippen LogP contribution in [0.2, 0.25) is 0 Å². The van der Waals surface area contributed by atoms with Gasteiger partial charge in [0.25, 0.3) is 0 Å². The summed E-state index contributed by atoms with van der Waals surface area (Å²) in [5.74, 6) is -1.06. The Bertz CT molecular complexity index is 463. The van der Waals surface area contributed by atoms with Crippen LogP contribution in [0.4, 0.5) is 14.9 Å². The summed E-state index contributed by atoms with van der Waals surface area (Å²) in [5, 5.41) is 2.43. The first-order valence-corrected chi connectivity index (χ1v) is 5.84. The van der Waals surface area contributed by atoms with Crippen LogP contribution >= 0.6 is 0 Å². The van der Waals surface area contributed by atoms with E-state index in [4.69, 9.17) is 0 Å². The van der Waals surface area contributed by atoms with Crippen molar-refractivity contribution >= 4 is 17.7 Å². The van der Waals surface area contributed by atoms with Gasteiger partial charge in [-0.1, -0.05) is 12.1 Å². The Kier molecular flexibility index (Phi) is 5.29. The highest BCUT2D eigenvalue weighted by molar-refractivity contribution is 5.91. The quantitative estimate of drug-likeness (QED) is 0.852. The SMILES string of the molecule is COC(=O)CN(C(=O)Nc1ccccc1F)C(C)C. The van der Waals surface area contributed by atoms with Crippen molar-refractivity contribution in [2.24, 2.45) is 0 Å². The number of nitrogens with zero attached hydrogens (tertiary/aromatic N) is 1. The van der Waals surface area contributed by atoms with Crippen LogP contribution in [-0.2, 0) is 9.53 Å². The summed E-state index contributed by atoms with van der Waals surface area (Å²) in [5.41, 5.74) is 0.0722. The fourth-order valence-corrected chi connectivity index (χ4v) is 1.44. The second kappa shape index (κ2) is 6.72. The van der Waals surface area contributed by atoms with E-state index in [2.05, 4.69) is 10.1 Å². The molecule has 0 aliphatic heterocycles. The Labute approximate surface area is 111 Å². The van der Waals surface area contributed by atoms with Crippen LogP contribution in [0.5, 0.6) is 0 Å². The predicted octanol–water partition coefficient (Wildman–Crippen LogP) is 2.24. The van der Waals surface area contributed by atoms with E-state index >= 15 is 0 Å². The highest BCUT2D eigenvalue weighted by Crippen LogP contribution is 2.13. The Hall–Kier alpha value is -2.11. The van der Waals surface area contributed by atoms with Crippen molar-refractivity contribution in [1.29, 1.82) is 0 Å². The molecule has 0 fully saturated rings. The first kappa shape index (κ1) is 14.9. The smallest absolute Gasteiger partial charge is 0.325 e. The number of rotatable bonds is 4. The zero-order valence-electron chi connectivity index (χ0n) is 11.1. The maximum absolute atomic E-state index is 13.4. The van der Waals surface area contributed by atoms with Gasteiger partial charge in [-0.05, 0) is 26.0 Å². The van der Waals surface area contributed by atoms with Gasteiger partial charge >= 0.3 is 12.0 Å². The third-order valence-corrected chi connectivity index (χ3v) is 2.53. The van der Waals surface area contributed by atoms with Gasteiger partial charge in [0.1, 0.15) is 12.4 Å². The molecule has 19 heavy (non-hydrogen) atoms. The number of carbonyl (C=O) groups excluding carboxylic acids is 2. The van der Waals surface area contributed by atoms with Gasteiger partial charge in [-0.25, -0.2) is 9.18 Å². The number of amides is 2. The number of para-hydroxylation sites is 1. The fraction of sp³-hybridized carbons (Fsp3) is 0.385. The van der Waals surface area contributed by atoms with E-state index in [-0.39, 0.29) is 18.3 Å². The predicted molar refractivity (Wildman–Crippen MR) is 69.3 cm³/mol. The molecule has 0 saturated carbocycles. The van der Waals surface area contributed by atoms with Gasteiger partial charge in [0.2, 0.25) is 0 Å². The van der Waals surface area contributed by atoms with Crippen molar-refractivity contribution in [3.63, 3.8) is 0 Å². The number of halogens is 1. The molecule has 2 amide bonds. The summed E-state index contributed by atoms with van der Waals surface area (Å²) in [6.45, 7) is 3.32. The summed E-state index contributed by atoms with van der Waals surface area (Å²) in [6.07, 6.45) is 0. The number of methoxy groups -OCH3 is 1. The lowest BCUT2D eigenvalue weighted by atomic mass is 10.3. The average molecular weight is 268 g/mol. The van der Waals surface area contributed by atoms with Crippen molar-refractivity contribution < 1.29 is 18.7 Å². The van der Waals surface area contributed by atoms with Crippen LogP contribution in [0.3, 0.4) is 0 Å². The van der Waals surface area contributed by atoms with Crippen LogP contribution in [-0.4, -0.2) is 36.6 Å². The van der Waals surface area contributed by atoms with E-state index in [1.807, 2.05) is 0 Å². The van der Waals surface area contributed by atoms with E-state index in [0.717, 1.165) is 0 Å². The van der Waals surface area contributed by atoms with Crippen LogP contribution in [0.1, 0.15) is 13.8 Å². The monoisotopic (exact) mass is 268 g/mol. The maximum Gasteiger partial charge on any atom is 0.325 e. The summed E-state index contributed by atoms with van der Waals surface area (Å²) < 4.78 is 17.9. The molecule has 104 valence electrons. The maximum atomic E-state index is 13.4. The van der Waals surface area contributed by atoms with Gasteiger partial charge in [-0.2, -0.15) is 0 Å². The van der Waals surface area contributed by atoms with E-state index in [0.29, 0.717) is 0 Å². The van der Waals surface area contributed by atoms with E-state index in [1.54, 1.807) is 19.9 Å². The molecule has 0 unspecified atom stereocenters. The van der Waals surface area contributed by atoms with Gasteiger partial charge < -0.3 is 15.0 Å². The molecular formula is C13H17FN2O3. The highest BCUT2D eigenvalue weighted by atomic mass is 19.1. The van der Waals surface area contributed by atoms with Gasteiger partial charge in [0, 0.05) is 6.04 Å². The number of carbonyl (C=O) groups is 2. The summed E-state index contributed by atoms with van der Waals surface area (Å²) in [7, 11) is 1.25. The Morgan fingerprint density at radius 2 is 2.00 bits per heavy atom. The Morgan fingerprint density at radius 3 is 2.53 bits per heavy atom. The molecule has 0 aromatic heterocycles. The van der Waals surface area contributed by atoms with E-state index in [1.165, 1.54) is 30.2 Å². The minimum atomic E-state index is -0.550. The molecule has 0 aliphatic carbocycles. The average Bonchev–Trinajstić information content (AvgIpc) is 2.37. The number of benzene rings is 1. The van der Waals surface area contributed by atoms with Crippen LogP contribution in [0.25, 0.3) is 0 Å². The second-order valence-corrected chi connectivity index (χ2v) is 4.21. The van der Waals surface area contributed by atoms with E-state index in [9.17, 15) is 14.0 Å². The molecule has 1 aromatic rings. The standard InChI is InChI=1S/C13H17FN2O3/c1-9(2)16(8-12(17)19-3)13(18)15-11-7-5-4-6-10(11)14/h4-7,9H,8H2,1-3H3,(H,15,18). The molecule has 5 nitrogen and oxygen atoms in total. The van der Waals surface area contributed by atoms with Gasteiger partial charge in [0.15, 0.2) is 0 Å². The summed E-state index contributed by atoms with van der Waals surface area (Å²) in [6, 6.07) is 5.06. The van der Waals surface area contributed by atoms with Gasteiger partial charge in [-0.15, -0.1) is 0 Å². The minimum Gasteiger partial charge on any atom is -0.468 e. The molecule has 0 spiro atoms. The number of ether oxygens (including phenoxy) is 1. The molecule has 0 aliphatic rings. The van der Waals surface area contributed by atoms with Crippen LogP contribution in [0, 0.1) is 5.82 Å². The zero-order valence-corrected chi connectivity index (χ0v) is 11.1. The third kappa shape index (κ3) is 4.24. The lowest BCUT2D eigenvalue weighted by Gasteiger charge is -2.25. The number of nitrogens with one attached hydrogen (secondary N) is 1. The normalized spacial score (nSPS) is 10.2. The second-order valence-electron chi connectivity index (χ2n) is 4.21. The third-order valence-electron chi connectivity index (χ3n) is 2.53. The lowest BCUT2D eigenvalue weighted by molar-refractivity contribution is -0.141. The number of hydrogen-bond acceptors (Lipinski definition) is 3. The first-order chi connectivity index (χ1) is 8.95. The molecule has 6 heteroatoms. The fourth-order valence-electron chi connectivity index (χ4n) is 1.44. The molecule has 0 radical (unpaired) electrons. The molecular weight excluding hydrogens is 251 g/mol. The molecule has 1 aromatic carbocycles. The Morgan fingerprint density at radius 1 is 1.37 bits per heavy atom. The van der Waals surface area contributed by atoms with Crippen molar-refractivity contribution in [3.05, 3.63) is 30.1 Å². The largest absolute Gasteiger partial charge is 0.468 e. The van der Waals surface area contributed by atoms with E-state index < -0.39 is 17.8 Å². The van der Waals surface area contributed by atoms with Crippen molar-refractivity contribution in [1.82, 2.24) is 4.90 Å². The highest BCUT2D eigenvalue weighted by Gasteiger charge is 2.21. The van der Waals surface area contributed by atoms with Crippen LogP contribution < -0.4 is 5.32 Å². The molecule has 0 saturated heterocycles. The van der Waals surface area contributed by atoms with Crippen molar-refractivity contribution in [2.75, 3.05) is 19.0 Å².